The molecule has 1 atom stereocenters. The maximum atomic E-state index is 11.7. The SMILES string of the molecule is C/C=C/C#CC(=O)[C@@H](C)CO[Si](C)(C)C(C)(C)C. The van der Waals surface area contributed by atoms with Gasteiger partial charge in [0.05, 0.1) is 0 Å². The molecule has 0 aliphatic heterocycles. The van der Waals surface area contributed by atoms with Crippen LogP contribution >= 0.6 is 0 Å². The fourth-order valence-corrected chi connectivity index (χ4v) is 2.04. The van der Waals surface area contributed by atoms with Crippen LogP contribution in [0.1, 0.15) is 34.6 Å². The molecule has 0 radical (unpaired) electrons. The van der Waals surface area contributed by atoms with Gasteiger partial charge in [-0.1, -0.05) is 39.7 Å². The maximum Gasteiger partial charge on any atom is 0.210 e. The maximum absolute atomic E-state index is 11.7. The molecule has 0 aromatic heterocycles. The average Bonchev–Trinajstić information content (AvgIpc) is 2.24. The van der Waals surface area contributed by atoms with E-state index in [4.69, 9.17) is 4.43 Å². The van der Waals surface area contributed by atoms with Crippen LogP contribution in [0.15, 0.2) is 12.2 Å². The van der Waals surface area contributed by atoms with Crippen LogP contribution in [0.4, 0.5) is 0 Å². The Morgan fingerprint density at radius 1 is 1.39 bits per heavy atom. The zero-order valence-electron chi connectivity index (χ0n) is 12.8. The van der Waals surface area contributed by atoms with Gasteiger partial charge in [0.15, 0.2) is 8.32 Å². The molecule has 0 saturated heterocycles. The molecule has 102 valence electrons. The van der Waals surface area contributed by atoms with Gasteiger partial charge in [0.25, 0.3) is 0 Å². The third-order valence-electron chi connectivity index (χ3n) is 3.39. The first-order valence-electron chi connectivity index (χ1n) is 6.42. The van der Waals surface area contributed by atoms with Gasteiger partial charge in [-0.2, -0.15) is 0 Å². The lowest BCUT2D eigenvalue weighted by atomic mass is 10.1. The van der Waals surface area contributed by atoms with Crippen LogP contribution in [-0.2, 0) is 9.22 Å². The van der Waals surface area contributed by atoms with Crippen LogP contribution < -0.4 is 0 Å². The Morgan fingerprint density at radius 2 is 1.94 bits per heavy atom. The zero-order valence-corrected chi connectivity index (χ0v) is 13.8. The molecular formula is C15H26O2Si. The molecule has 0 N–H and O–H groups in total. The first-order chi connectivity index (χ1) is 8.12. The summed E-state index contributed by atoms with van der Waals surface area (Å²) in [7, 11) is -1.77. The molecule has 0 amide bonds. The lowest BCUT2D eigenvalue weighted by Gasteiger charge is -2.36. The quantitative estimate of drug-likeness (QED) is 0.439. The van der Waals surface area contributed by atoms with E-state index >= 15 is 0 Å². The number of allylic oxidation sites excluding steroid dienone is 2. The van der Waals surface area contributed by atoms with E-state index in [2.05, 4.69) is 45.7 Å². The highest BCUT2D eigenvalue weighted by atomic mass is 28.4. The Bertz CT molecular complexity index is 364. The summed E-state index contributed by atoms with van der Waals surface area (Å²) in [4.78, 5) is 11.7. The number of carbonyl (C=O) groups excluding carboxylic acids is 1. The summed E-state index contributed by atoms with van der Waals surface area (Å²) in [6.07, 6.45) is 3.50. The Kier molecular flexibility index (Phi) is 6.59. The zero-order chi connectivity index (χ0) is 14.4. The molecule has 0 heterocycles. The van der Waals surface area contributed by atoms with E-state index in [1.54, 1.807) is 6.08 Å². The molecule has 0 aromatic carbocycles. The van der Waals surface area contributed by atoms with Crippen LogP contribution in [0, 0.1) is 17.8 Å². The third kappa shape index (κ3) is 5.66. The minimum atomic E-state index is -1.77. The van der Waals surface area contributed by atoms with Gasteiger partial charge < -0.3 is 4.43 Å². The number of hydrogen-bond donors (Lipinski definition) is 0. The first-order valence-corrected chi connectivity index (χ1v) is 9.33. The topological polar surface area (TPSA) is 26.3 Å². The van der Waals surface area contributed by atoms with Gasteiger partial charge in [0.1, 0.15) is 0 Å². The summed E-state index contributed by atoms with van der Waals surface area (Å²) in [5.74, 6) is 5.13. The van der Waals surface area contributed by atoms with Crippen LogP contribution in [-0.4, -0.2) is 20.7 Å². The van der Waals surface area contributed by atoms with Crippen LogP contribution in [0.3, 0.4) is 0 Å². The first kappa shape index (κ1) is 17.1. The van der Waals surface area contributed by atoms with Gasteiger partial charge in [0.2, 0.25) is 5.78 Å². The molecular weight excluding hydrogens is 240 g/mol. The fourth-order valence-electron chi connectivity index (χ4n) is 0.945. The lowest BCUT2D eigenvalue weighted by Crippen LogP contribution is -2.42. The predicted molar refractivity (Wildman–Crippen MR) is 79.9 cm³/mol. The van der Waals surface area contributed by atoms with Crippen molar-refractivity contribution in [1.82, 2.24) is 0 Å². The molecule has 2 nitrogen and oxygen atoms in total. The van der Waals surface area contributed by atoms with E-state index < -0.39 is 8.32 Å². The van der Waals surface area contributed by atoms with E-state index in [0.29, 0.717) is 6.61 Å². The van der Waals surface area contributed by atoms with Crippen molar-refractivity contribution >= 4 is 14.1 Å². The number of rotatable bonds is 4. The van der Waals surface area contributed by atoms with E-state index in [1.807, 2.05) is 19.9 Å². The van der Waals surface area contributed by atoms with Crippen molar-refractivity contribution in [2.75, 3.05) is 6.61 Å². The smallest absolute Gasteiger partial charge is 0.210 e. The minimum Gasteiger partial charge on any atom is -0.416 e. The Hall–Kier alpha value is -0.853. The van der Waals surface area contributed by atoms with Gasteiger partial charge in [-0.15, -0.1) is 0 Å². The number of Topliss-reactive ketones (excluding diaryl/α,β-unsaturated/α-hetero) is 1. The summed E-state index contributed by atoms with van der Waals surface area (Å²) in [6, 6.07) is 0. The largest absolute Gasteiger partial charge is 0.416 e. The monoisotopic (exact) mass is 266 g/mol. The minimum absolute atomic E-state index is 0.0493. The molecule has 0 bridgehead atoms. The number of carbonyl (C=O) groups is 1. The van der Waals surface area contributed by atoms with Crippen molar-refractivity contribution in [3.05, 3.63) is 12.2 Å². The normalized spacial score (nSPS) is 14.2. The summed E-state index contributed by atoms with van der Waals surface area (Å²) < 4.78 is 6.02. The van der Waals surface area contributed by atoms with Crippen LogP contribution in [0.25, 0.3) is 0 Å². The highest BCUT2D eigenvalue weighted by Crippen LogP contribution is 2.36. The molecule has 3 heteroatoms. The van der Waals surface area contributed by atoms with Crippen molar-refractivity contribution in [3.63, 3.8) is 0 Å². The van der Waals surface area contributed by atoms with E-state index in [9.17, 15) is 4.79 Å². The summed E-state index contributed by atoms with van der Waals surface area (Å²) in [5.41, 5.74) is 0. The summed E-state index contributed by atoms with van der Waals surface area (Å²) >= 11 is 0. The van der Waals surface area contributed by atoms with Crippen molar-refractivity contribution in [2.24, 2.45) is 5.92 Å². The predicted octanol–water partition coefficient (Wildman–Crippen LogP) is 3.79. The second-order valence-corrected chi connectivity index (χ2v) is 10.9. The Morgan fingerprint density at radius 3 is 2.39 bits per heavy atom. The van der Waals surface area contributed by atoms with Gasteiger partial charge in [-0.25, -0.2) is 0 Å². The van der Waals surface area contributed by atoms with Crippen LogP contribution in [0.5, 0.6) is 0 Å². The van der Waals surface area contributed by atoms with Gasteiger partial charge >= 0.3 is 0 Å². The van der Waals surface area contributed by atoms with Crippen molar-refractivity contribution in [1.29, 1.82) is 0 Å². The lowest BCUT2D eigenvalue weighted by molar-refractivity contribution is -0.117. The van der Waals surface area contributed by atoms with E-state index in [0.717, 1.165) is 0 Å². The fraction of sp³-hybridized carbons (Fsp3) is 0.667. The van der Waals surface area contributed by atoms with Crippen molar-refractivity contribution in [3.8, 4) is 11.8 Å². The molecule has 0 aliphatic rings. The van der Waals surface area contributed by atoms with Gasteiger partial charge in [0, 0.05) is 12.5 Å². The van der Waals surface area contributed by atoms with Gasteiger partial charge in [-0.05, 0) is 37.1 Å². The second-order valence-electron chi connectivity index (χ2n) is 6.11. The molecule has 0 spiro atoms. The average molecular weight is 266 g/mol. The third-order valence-corrected chi connectivity index (χ3v) is 7.89. The molecule has 0 aliphatic carbocycles. The summed E-state index contributed by atoms with van der Waals surface area (Å²) in [5, 5.41) is 0.173. The van der Waals surface area contributed by atoms with Crippen molar-refractivity contribution in [2.45, 2.75) is 52.8 Å². The molecule has 0 rings (SSSR count). The molecule has 0 unspecified atom stereocenters. The molecule has 0 aromatic rings. The van der Waals surface area contributed by atoms with Gasteiger partial charge in [-0.3, -0.25) is 4.79 Å². The summed E-state index contributed by atoms with van der Waals surface area (Å²) in [6.45, 7) is 15.2. The second kappa shape index (κ2) is 6.91. The van der Waals surface area contributed by atoms with Crippen molar-refractivity contribution < 1.29 is 9.22 Å². The highest BCUT2D eigenvalue weighted by molar-refractivity contribution is 6.74. The Labute approximate surface area is 113 Å². The van der Waals surface area contributed by atoms with Crippen LogP contribution in [0.2, 0.25) is 18.1 Å². The van der Waals surface area contributed by atoms with E-state index in [-0.39, 0.29) is 16.7 Å². The van der Waals surface area contributed by atoms with E-state index in [1.165, 1.54) is 0 Å². The molecule has 0 saturated carbocycles. The molecule has 0 fully saturated rings. The highest BCUT2D eigenvalue weighted by Gasteiger charge is 2.37. The standard InChI is InChI=1S/C15H26O2Si/c1-8-9-10-11-14(16)13(2)12-17-18(6,7)15(3,4)5/h8-9,13H,12H2,1-7H3/b9-8+/t13-/m0/s1. The number of ketones is 1. The molecule has 18 heavy (non-hydrogen) atoms. The number of hydrogen-bond acceptors (Lipinski definition) is 2. The Balaban J connectivity index is 4.40.